The van der Waals surface area contributed by atoms with Crippen molar-refractivity contribution < 1.29 is 4.74 Å². The first kappa shape index (κ1) is 14.6. The molecular formula is C19H21BrO. The van der Waals surface area contributed by atoms with Gasteiger partial charge in [-0.2, -0.15) is 0 Å². The van der Waals surface area contributed by atoms with E-state index in [1.165, 1.54) is 27.8 Å². The van der Waals surface area contributed by atoms with Crippen LogP contribution in [0.15, 0.2) is 34.8 Å². The largest absolute Gasteiger partial charge is 0.491 e. The lowest BCUT2D eigenvalue weighted by atomic mass is 9.88. The Hall–Kier alpha value is -1.28. The van der Waals surface area contributed by atoms with Crippen molar-refractivity contribution in [1.29, 1.82) is 0 Å². The van der Waals surface area contributed by atoms with Gasteiger partial charge in [-0.15, -0.1) is 0 Å². The zero-order valence-corrected chi connectivity index (χ0v) is 14.6. The summed E-state index contributed by atoms with van der Waals surface area (Å²) in [7, 11) is 0. The number of benzene rings is 2. The summed E-state index contributed by atoms with van der Waals surface area (Å²) in [6.07, 6.45) is 0. The van der Waals surface area contributed by atoms with E-state index in [1.54, 1.807) is 0 Å². The fourth-order valence-electron chi connectivity index (χ4n) is 3.14. The molecule has 0 saturated heterocycles. The van der Waals surface area contributed by atoms with Gasteiger partial charge >= 0.3 is 0 Å². The van der Waals surface area contributed by atoms with Crippen molar-refractivity contribution in [2.75, 3.05) is 6.61 Å². The van der Waals surface area contributed by atoms with Gasteiger partial charge in [-0.25, -0.2) is 0 Å². The molecule has 0 unspecified atom stereocenters. The second-order valence-electron chi connectivity index (χ2n) is 6.25. The van der Waals surface area contributed by atoms with Crippen LogP contribution >= 0.6 is 15.9 Å². The highest BCUT2D eigenvalue weighted by atomic mass is 79.9. The van der Waals surface area contributed by atoms with Crippen LogP contribution in [0.4, 0.5) is 0 Å². The van der Waals surface area contributed by atoms with Crippen LogP contribution in [0, 0.1) is 13.8 Å². The molecule has 0 aliphatic carbocycles. The minimum absolute atomic E-state index is 0.345. The Kier molecular flexibility index (Phi) is 3.83. The lowest BCUT2D eigenvalue weighted by Gasteiger charge is -2.14. The molecule has 0 radical (unpaired) electrons. The van der Waals surface area contributed by atoms with E-state index >= 15 is 0 Å². The molecule has 3 rings (SSSR count). The summed E-state index contributed by atoms with van der Waals surface area (Å²) in [4.78, 5) is 0. The lowest BCUT2D eigenvalue weighted by Crippen LogP contribution is -2.04. The van der Waals surface area contributed by atoms with Crippen LogP contribution in [0.2, 0.25) is 0 Å². The molecule has 0 saturated carbocycles. The number of ether oxygens (including phenoxy) is 1. The summed E-state index contributed by atoms with van der Waals surface area (Å²) in [5.74, 6) is 1.95. The monoisotopic (exact) mass is 344 g/mol. The first-order valence-corrected chi connectivity index (χ1v) is 8.30. The van der Waals surface area contributed by atoms with Crippen LogP contribution in [0.3, 0.4) is 0 Å². The van der Waals surface area contributed by atoms with Crippen LogP contribution in [-0.2, 0) is 0 Å². The predicted molar refractivity (Wildman–Crippen MR) is 91.5 cm³/mol. The van der Waals surface area contributed by atoms with E-state index in [1.807, 2.05) is 0 Å². The Morgan fingerprint density at radius 1 is 1.10 bits per heavy atom. The zero-order valence-electron chi connectivity index (χ0n) is 13.0. The lowest BCUT2D eigenvalue weighted by molar-refractivity contribution is 0.341. The van der Waals surface area contributed by atoms with Gasteiger partial charge in [0.25, 0.3) is 0 Å². The number of hydrogen-bond acceptors (Lipinski definition) is 1. The normalized spacial score (nSPS) is 17.0. The molecule has 2 aromatic carbocycles. The third-order valence-corrected chi connectivity index (χ3v) is 5.38. The summed E-state index contributed by atoms with van der Waals surface area (Å²) < 4.78 is 7.09. The maximum atomic E-state index is 5.99. The minimum Gasteiger partial charge on any atom is -0.491 e. The highest BCUT2D eigenvalue weighted by molar-refractivity contribution is 9.10. The first-order valence-electron chi connectivity index (χ1n) is 7.51. The predicted octanol–water partition coefficient (Wildman–Crippen LogP) is 5.71. The third-order valence-electron chi connectivity index (χ3n) is 4.40. The molecule has 2 aromatic rings. The SMILES string of the molecule is Cc1cc(C)c2c(c1Br)OC[C@@H]2c1ccc(C(C)C)cc1. The van der Waals surface area contributed by atoms with Crippen molar-refractivity contribution >= 4 is 15.9 Å². The fraction of sp³-hybridized carbons (Fsp3) is 0.368. The Morgan fingerprint density at radius 2 is 1.76 bits per heavy atom. The molecule has 1 atom stereocenters. The second-order valence-corrected chi connectivity index (χ2v) is 7.05. The summed E-state index contributed by atoms with van der Waals surface area (Å²) in [6, 6.07) is 11.2. The molecule has 1 aliphatic rings. The molecular weight excluding hydrogens is 324 g/mol. The highest BCUT2D eigenvalue weighted by Crippen LogP contribution is 2.45. The summed E-state index contributed by atoms with van der Waals surface area (Å²) in [6.45, 7) is 9.49. The molecule has 1 aliphatic heterocycles. The van der Waals surface area contributed by atoms with E-state index in [-0.39, 0.29) is 0 Å². The van der Waals surface area contributed by atoms with Gasteiger partial charge in [-0.05, 0) is 57.9 Å². The van der Waals surface area contributed by atoms with Crippen molar-refractivity contribution in [3.05, 3.63) is 62.6 Å². The minimum atomic E-state index is 0.345. The molecule has 0 spiro atoms. The fourth-order valence-corrected chi connectivity index (χ4v) is 3.59. The van der Waals surface area contributed by atoms with Crippen LogP contribution in [0.1, 0.15) is 53.5 Å². The molecule has 1 heterocycles. The summed E-state index contributed by atoms with van der Waals surface area (Å²) in [5.41, 5.74) is 6.63. The molecule has 0 N–H and O–H groups in total. The maximum Gasteiger partial charge on any atom is 0.137 e. The Labute approximate surface area is 135 Å². The van der Waals surface area contributed by atoms with Crippen LogP contribution in [0.5, 0.6) is 5.75 Å². The number of fused-ring (bicyclic) bond motifs is 1. The Bertz CT molecular complexity index is 671. The number of rotatable bonds is 2. The molecule has 0 fully saturated rings. The number of aryl methyl sites for hydroxylation is 2. The van der Waals surface area contributed by atoms with Crippen molar-refractivity contribution in [3.63, 3.8) is 0 Å². The van der Waals surface area contributed by atoms with Crippen molar-refractivity contribution in [2.24, 2.45) is 0 Å². The van der Waals surface area contributed by atoms with E-state index in [0.29, 0.717) is 11.8 Å². The molecule has 2 heteroatoms. The van der Waals surface area contributed by atoms with Crippen molar-refractivity contribution in [1.82, 2.24) is 0 Å². The average Bonchev–Trinajstić information content (AvgIpc) is 2.90. The summed E-state index contributed by atoms with van der Waals surface area (Å²) >= 11 is 3.67. The van der Waals surface area contributed by atoms with Crippen LogP contribution in [0.25, 0.3) is 0 Å². The Morgan fingerprint density at radius 3 is 2.38 bits per heavy atom. The molecule has 0 bridgehead atoms. The second kappa shape index (κ2) is 5.49. The van der Waals surface area contributed by atoms with Gasteiger partial charge in [0.05, 0.1) is 11.1 Å². The van der Waals surface area contributed by atoms with E-state index in [0.717, 1.165) is 16.8 Å². The standard InChI is InChI=1S/C19H21BrO/c1-11(2)14-5-7-15(8-6-14)16-10-21-19-17(16)12(3)9-13(4)18(19)20/h5-9,11,16H,10H2,1-4H3/t16-/m1/s1. The van der Waals surface area contributed by atoms with Crippen LogP contribution in [-0.4, -0.2) is 6.61 Å². The summed E-state index contributed by atoms with van der Waals surface area (Å²) in [5, 5.41) is 0. The van der Waals surface area contributed by atoms with E-state index < -0.39 is 0 Å². The smallest absolute Gasteiger partial charge is 0.137 e. The molecule has 110 valence electrons. The molecule has 1 nitrogen and oxygen atoms in total. The first-order chi connectivity index (χ1) is 9.99. The van der Waals surface area contributed by atoms with Gasteiger partial charge in [0.1, 0.15) is 5.75 Å². The van der Waals surface area contributed by atoms with Gasteiger partial charge in [0.15, 0.2) is 0 Å². The highest BCUT2D eigenvalue weighted by Gasteiger charge is 2.30. The number of halogens is 1. The maximum absolute atomic E-state index is 5.99. The Balaban J connectivity index is 2.03. The third kappa shape index (κ3) is 2.50. The van der Waals surface area contributed by atoms with Gasteiger partial charge in [-0.3, -0.25) is 0 Å². The number of hydrogen-bond donors (Lipinski definition) is 0. The van der Waals surface area contributed by atoms with Gasteiger partial charge in [0, 0.05) is 11.5 Å². The van der Waals surface area contributed by atoms with E-state index in [9.17, 15) is 0 Å². The van der Waals surface area contributed by atoms with Crippen molar-refractivity contribution in [2.45, 2.75) is 39.5 Å². The van der Waals surface area contributed by atoms with Crippen LogP contribution < -0.4 is 4.74 Å². The quantitative estimate of drug-likeness (QED) is 0.677. The van der Waals surface area contributed by atoms with Gasteiger partial charge in [-0.1, -0.05) is 44.2 Å². The molecule has 21 heavy (non-hydrogen) atoms. The average molecular weight is 345 g/mol. The van der Waals surface area contributed by atoms with Gasteiger partial charge < -0.3 is 4.74 Å². The zero-order chi connectivity index (χ0) is 15.1. The molecule has 0 amide bonds. The van der Waals surface area contributed by atoms with Gasteiger partial charge in [0.2, 0.25) is 0 Å². The van der Waals surface area contributed by atoms with E-state index in [4.69, 9.17) is 4.74 Å². The topological polar surface area (TPSA) is 9.23 Å². The molecule has 0 aromatic heterocycles. The van der Waals surface area contributed by atoms with E-state index in [2.05, 4.69) is 74.0 Å². The van der Waals surface area contributed by atoms with Crippen molar-refractivity contribution in [3.8, 4) is 5.75 Å².